The van der Waals surface area contributed by atoms with E-state index in [0.29, 0.717) is 17.1 Å². The fraction of sp³-hybridized carbons (Fsp3) is 0.200. The maximum absolute atomic E-state index is 11.4. The fourth-order valence-corrected chi connectivity index (χ4v) is 1.99. The molecule has 1 atom stereocenters. The van der Waals surface area contributed by atoms with Crippen molar-refractivity contribution in [3.63, 3.8) is 0 Å². The Morgan fingerprint density at radius 3 is 2.29 bits per heavy atom. The van der Waals surface area contributed by atoms with Crippen LogP contribution in [-0.2, 0) is 11.2 Å². The molecule has 1 aromatic carbocycles. The summed E-state index contributed by atoms with van der Waals surface area (Å²) in [4.78, 5) is 22.2. The Kier molecular flexibility index (Phi) is 4.27. The summed E-state index contributed by atoms with van der Waals surface area (Å²) in [7, 11) is 1.53. The lowest BCUT2D eigenvalue weighted by atomic mass is 9.95. The van der Waals surface area contributed by atoms with Gasteiger partial charge in [-0.2, -0.15) is 0 Å². The molecule has 0 aliphatic heterocycles. The molecule has 0 spiro atoms. The molecular formula is C15H14O6. The molecule has 0 fully saturated rings. The number of rotatable bonds is 6. The van der Waals surface area contributed by atoms with Gasteiger partial charge in [-0.15, -0.1) is 0 Å². The van der Waals surface area contributed by atoms with Gasteiger partial charge in [-0.1, -0.05) is 12.1 Å². The normalized spacial score (nSPS) is 11.9. The zero-order chi connectivity index (χ0) is 15.4. The summed E-state index contributed by atoms with van der Waals surface area (Å²) in [5.74, 6) is -2.26. The Balaban J connectivity index is 2.21. The van der Waals surface area contributed by atoms with Gasteiger partial charge in [-0.05, 0) is 29.8 Å². The van der Waals surface area contributed by atoms with E-state index in [2.05, 4.69) is 0 Å². The molecule has 0 saturated carbocycles. The van der Waals surface area contributed by atoms with Crippen LogP contribution in [0.2, 0.25) is 0 Å². The Hall–Kier alpha value is -2.76. The smallest absolute Gasteiger partial charge is 0.371 e. The van der Waals surface area contributed by atoms with Gasteiger partial charge in [-0.25, -0.2) is 4.79 Å². The van der Waals surface area contributed by atoms with Crippen LogP contribution in [-0.4, -0.2) is 29.3 Å². The quantitative estimate of drug-likeness (QED) is 0.847. The van der Waals surface area contributed by atoms with Crippen LogP contribution >= 0.6 is 0 Å². The topological polar surface area (TPSA) is 97.0 Å². The molecular weight excluding hydrogens is 276 g/mol. The van der Waals surface area contributed by atoms with Crippen LogP contribution in [0.4, 0.5) is 0 Å². The minimum absolute atomic E-state index is 0.0783. The molecule has 0 radical (unpaired) electrons. The average molecular weight is 290 g/mol. The number of aromatic carboxylic acids is 1. The van der Waals surface area contributed by atoms with E-state index in [1.54, 1.807) is 24.3 Å². The van der Waals surface area contributed by atoms with Gasteiger partial charge in [0.25, 0.3) is 0 Å². The molecule has 1 aromatic heterocycles. The van der Waals surface area contributed by atoms with E-state index in [4.69, 9.17) is 14.3 Å². The second-order valence-corrected chi connectivity index (χ2v) is 4.44. The molecule has 2 N–H and O–H groups in total. The first kappa shape index (κ1) is 14.6. The first-order valence-corrected chi connectivity index (χ1v) is 6.20. The highest BCUT2D eigenvalue weighted by Gasteiger charge is 2.22. The predicted molar refractivity (Wildman–Crippen MR) is 72.7 cm³/mol. The van der Waals surface area contributed by atoms with Gasteiger partial charge in [0.05, 0.1) is 13.0 Å². The highest BCUT2D eigenvalue weighted by Crippen LogP contribution is 2.24. The Morgan fingerprint density at radius 1 is 1.14 bits per heavy atom. The van der Waals surface area contributed by atoms with E-state index in [1.807, 2.05) is 0 Å². The van der Waals surface area contributed by atoms with Crippen LogP contribution in [0.25, 0.3) is 0 Å². The van der Waals surface area contributed by atoms with Gasteiger partial charge in [-0.3, -0.25) is 4.79 Å². The minimum Gasteiger partial charge on any atom is -0.497 e. The number of benzene rings is 1. The molecule has 0 aliphatic rings. The first-order valence-electron chi connectivity index (χ1n) is 6.20. The number of aliphatic carboxylic acids is 1. The third kappa shape index (κ3) is 3.42. The maximum Gasteiger partial charge on any atom is 0.371 e. The predicted octanol–water partition coefficient (Wildman–Crippen LogP) is 2.40. The van der Waals surface area contributed by atoms with Crippen molar-refractivity contribution in [1.29, 1.82) is 0 Å². The van der Waals surface area contributed by atoms with Gasteiger partial charge in [0.1, 0.15) is 11.5 Å². The monoisotopic (exact) mass is 290 g/mol. The average Bonchev–Trinajstić information content (AvgIpc) is 2.93. The third-order valence-electron chi connectivity index (χ3n) is 3.09. The molecule has 2 aromatic rings. The Labute approximate surface area is 120 Å². The lowest BCUT2D eigenvalue weighted by Crippen LogP contribution is -2.14. The lowest BCUT2D eigenvalue weighted by Gasteiger charge is -2.11. The molecule has 21 heavy (non-hydrogen) atoms. The van der Waals surface area contributed by atoms with Crippen LogP contribution in [0, 0.1) is 0 Å². The van der Waals surface area contributed by atoms with Crippen LogP contribution in [0.5, 0.6) is 5.75 Å². The number of hydrogen-bond acceptors (Lipinski definition) is 4. The molecule has 2 rings (SSSR count). The van der Waals surface area contributed by atoms with Crippen molar-refractivity contribution in [2.45, 2.75) is 12.3 Å². The van der Waals surface area contributed by atoms with Gasteiger partial charge >= 0.3 is 11.9 Å². The highest BCUT2D eigenvalue weighted by molar-refractivity contribution is 5.84. The third-order valence-corrected chi connectivity index (χ3v) is 3.09. The van der Waals surface area contributed by atoms with Crippen LogP contribution in [0.1, 0.15) is 27.8 Å². The van der Waals surface area contributed by atoms with E-state index in [1.165, 1.54) is 19.2 Å². The maximum atomic E-state index is 11.4. The molecule has 0 bridgehead atoms. The largest absolute Gasteiger partial charge is 0.497 e. The van der Waals surface area contributed by atoms with Crippen molar-refractivity contribution < 1.29 is 29.0 Å². The lowest BCUT2D eigenvalue weighted by molar-refractivity contribution is -0.138. The molecule has 6 nitrogen and oxygen atoms in total. The van der Waals surface area contributed by atoms with Crippen molar-refractivity contribution >= 4 is 11.9 Å². The van der Waals surface area contributed by atoms with Gasteiger partial charge in [0.2, 0.25) is 5.76 Å². The molecule has 1 heterocycles. The van der Waals surface area contributed by atoms with Crippen LogP contribution in [0.3, 0.4) is 0 Å². The molecule has 6 heteroatoms. The van der Waals surface area contributed by atoms with Crippen molar-refractivity contribution in [2.75, 3.05) is 7.11 Å². The molecule has 0 aliphatic carbocycles. The number of carbonyl (C=O) groups is 2. The summed E-state index contributed by atoms with van der Waals surface area (Å²) in [6.45, 7) is 0. The number of methoxy groups -OCH3 is 1. The molecule has 0 saturated heterocycles. The van der Waals surface area contributed by atoms with Crippen molar-refractivity contribution in [3.05, 3.63) is 53.5 Å². The van der Waals surface area contributed by atoms with Crippen molar-refractivity contribution in [3.8, 4) is 5.75 Å². The second kappa shape index (κ2) is 6.13. The molecule has 0 amide bonds. The highest BCUT2D eigenvalue weighted by atomic mass is 16.5. The summed E-state index contributed by atoms with van der Waals surface area (Å²) >= 11 is 0. The number of carboxylic acids is 2. The number of carboxylic acid groups (broad SMARTS) is 2. The summed E-state index contributed by atoms with van der Waals surface area (Å²) in [6.07, 6.45) is 0.0783. The van der Waals surface area contributed by atoms with E-state index >= 15 is 0 Å². The molecule has 1 unspecified atom stereocenters. The Morgan fingerprint density at radius 2 is 1.81 bits per heavy atom. The number of furan rings is 1. The van der Waals surface area contributed by atoms with Gasteiger partial charge in [0.15, 0.2) is 0 Å². The van der Waals surface area contributed by atoms with E-state index in [-0.39, 0.29) is 12.2 Å². The zero-order valence-corrected chi connectivity index (χ0v) is 11.3. The SMILES string of the molecule is COc1ccc(C(Cc2ccc(C(=O)O)o2)C(=O)O)cc1. The fourth-order valence-electron chi connectivity index (χ4n) is 1.99. The van der Waals surface area contributed by atoms with Crippen molar-refractivity contribution in [2.24, 2.45) is 0 Å². The van der Waals surface area contributed by atoms with E-state index in [9.17, 15) is 14.7 Å². The minimum atomic E-state index is -1.18. The first-order chi connectivity index (χ1) is 10.0. The van der Waals surface area contributed by atoms with E-state index in [0.717, 1.165) is 0 Å². The summed E-state index contributed by atoms with van der Waals surface area (Å²) in [5.41, 5.74) is 0.594. The standard InChI is InChI=1S/C15H14O6/c1-20-10-4-2-9(3-5-10)12(14(16)17)8-11-6-7-13(21-11)15(18)19/h2-7,12H,8H2,1H3,(H,16,17)(H,18,19). The second-order valence-electron chi connectivity index (χ2n) is 4.44. The number of ether oxygens (including phenoxy) is 1. The van der Waals surface area contributed by atoms with Crippen molar-refractivity contribution in [1.82, 2.24) is 0 Å². The summed E-state index contributed by atoms with van der Waals surface area (Å²) in [5, 5.41) is 18.1. The zero-order valence-electron chi connectivity index (χ0n) is 11.3. The summed E-state index contributed by atoms with van der Waals surface area (Å²) in [6, 6.07) is 9.47. The van der Waals surface area contributed by atoms with E-state index < -0.39 is 17.9 Å². The van der Waals surface area contributed by atoms with Crippen LogP contribution < -0.4 is 4.74 Å². The summed E-state index contributed by atoms with van der Waals surface area (Å²) < 4.78 is 10.1. The van der Waals surface area contributed by atoms with Gasteiger partial charge in [0, 0.05) is 6.42 Å². The van der Waals surface area contributed by atoms with Gasteiger partial charge < -0.3 is 19.4 Å². The molecule has 110 valence electrons. The number of hydrogen-bond donors (Lipinski definition) is 2. The Bertz CT molecular complexity index is 640. The van der Waals surface area contributed by atoms with Crippen LogP contribution in [0.15, 0.2) is 40.8 Å².